The van der Waals surface area contributed by atoms with Gasteiger partial charge in [-0.15, -0.1) is 6.58 Å². The van der Waals surface area contributed by atoms with Crippen molar-refractivity contribution in [1.82, 2.24) is 9.80 Å². The van der Waals surface area contributed by atoms with Crippen LogP contribution >= 0.6 is 0 Å². The van der Waals surface area contributed by atoms with Crippen LogP contribution in [0.2, 0.25) is 0 Å². The number of piperazine rings is 1. The van der Waals surface area contributed by atoms with Gasteiger partial charge in [0.1, 0.15) is 0 Å². The number of nitrogens with zero attached hydrogens (tertiary/aromatic N) is 2. The van der Waals surface area contributed by atoms with Crippen LogP contribution in [0.5, 0.6) is 0 Å². The van der Waals surface area contributed by atoms with Crippen molar-refractivity contribution in [3.63, 3.8) is 0 Å². The number of hydrogen-bond donors (Lipinski definition) is 1. The molecule has 0 saturated carbocycles. The number of hydrogen-bond acceptors (Lipinski definition) is 3. The fourth-order valence-electron chi connectivity index (χ4n) is 1.99. The first-order valence-electron chi connectivity index (χ1n) is 5.79. The van der Waals surface area contributed by atoms with Crippen LogP contribution in [0.1, 0.15) is 20.3 Å². The SMILES string of the molecule is C=CCCN1CCN(CC(C)(C)O)CC1. The van der Waals surface area contributed by atoms with Crippen molar-refractivity contribution in [3.05, 3.63) is 12.7 Å². The van der Waals surface area contributed by atoms with E-state index in [0.29, 0.717) is 0 Å². The van der Waals surface area contributed by atoms with Gasteiger partial charge in [0.2, 0.25) is 0 Å². The van der Waals surface area contributed by atoms with E-state index in [1.165, 1.54) is 0 Å². The highest BCUT2D eigenvalue weighted by atomic mass is 16.3. The Morgan fingerprint density at radius 3 is 2.20 bits per heavy atom. The molecular weight excluding hydrogens is 188 g/mol. The highest BCUT2D eigenvalue weighted by molar-refractivity contribution is 4.79. The second kappa shape index (κ2) is 5.64. The minimum Gasteiger partial charge on any atom is -0.389 e. The molecule has 3 heteroatoms. The van der Waals surface area contributed by atoms with Crippen molar-refractivity contribution in [1.29, 1.82) is 0 Å². The quantitative estimate of drug-likeness (QED) is 0.687. The smallest absolute Gasteiger partial charge is 0.0718 e. The first-order valence-corrected chi connectivity index (χ1v) is 5.79. The van der Waals surface area contributed by atoms with Crippen LogP contribution in [0, 0.1) is 0 Å². The molecule has 0 atom stereocenters. The Bertz CT molecular complexity index is 190. The maximum absolute atomic E-state index is 9.71. The zero-order chi connectivity index (χ0) is 11.3. The predicted octanol–water partition coefficient (Wildman–Crippen LogP) is 0.951. The van der Waals surface area contributed by atoms with E-state index in [-0.39, 0.29) is 0 Å². The summed E-state index contributed by atoms with van der Waals surface area (Å²) in [6, 6.07) is 0. The van der Waals surface area contributed by atoms with E-state index < -0.39 is 5.60 Å². The van der Waals surface area contributed by atoms with Crippen LogP contribution in [-0.4, -0.2) is 59.8 Å². The van der Waals surface area contributed by atoms with Crippen molar-refractivity contribution in [2.45, 2.75) is 25.9 Å². The van der Waals surface area contributed by atoms with Gasteiger partial charge in [-0.05, 0) is 20.3 Å². The molecule has 1 aliphatic rings. The van der Waals surface area contributed by atoms with Crippen molar-refractivity contribution in [2.24, 2.45) is 0 Å². The minimum atomic E-state index is -0.566. The molecule has 15 heavy (non-hydrogen) atoms. The fraction of sp³-hybridized carbons (Fsp3) is 0.833. The van der Waals surface area contributed by atoms with E-state index in [9.17, 15) is 5.11 Å². The van der Waals surface area contributed by atoms with Crippen molar-refractivity contribution in [3.8, 4) is 0 Å². The Balaban J connectivity index is 2.21. The standard InChI is InChI=1S/C12H24N2O/c1-4-5-6-13-7-9-14(10-8-13)11-12(2,3)15/h4,15H,1,5-11H2,2-3H3. The van der Waals surface area contributed by atoms with Crippen molar-refractivity contribution >= 4 is 0 Å². The van der Waals surface area contributed by atoms with Gasteiger partial charge in [0.05, 0.1) is 5.60 Å². The molecule has 0 amide bonds. The Morgan fingerprint density at radius 2 is 1.73 bits per heavy atom. The molecule has 0 aromatic rings. The Kier molecular flexibility index (Phi) is 4.77. The lowest BCUT2D eigenvalue weighted by molar-refractivity contribution is 0.0180. The molecule has 1 rings (SSSR count). The van der Waals surface area contributed by atoms with E-state index in [2.05, 4.69) is 16.4 Å². The zero-order valence-electron chi connectivity index (χ0n) is 10.1. The zero-order valence-corrected chi connectivity index (χ0v) is 10.1. The number of β-amino-alcohol motifs (C(OH)–C–C–N with tert-alkyl or cyclic N) is 1. The highest BCUT2D eigenvalue weighted by Crippen LogP contribution is 2.08. The van der Waals surface area contributed by atoms with Crippen LogP contribution in [-0.2, 0) is 0 Å². The molecule has 1 aliphatic heterocycles. The summed E-state index contributed by atoms with van der Waals surface area (Å²) in [6.45, 7) is 13.8. The molecule has 1 N–H and O–H groups in total. The van der Waals surface area contributed by atoms with Crippen LogP contribution < -0.4 is 0 Å². The monoisotopic (exact) mass is 212 g/mol. The minimum absolute atomic E-state index is 0.566. The van der Waals surface area contributed by atoms with Gasteiger partial charge in [0.25, 0.3) is 0 Å². The topological polar surface area (TPSA) is 26.7 Å². The Morgan fingerprint density at radius 1 is 1.20 bits per heavy atom. The average Bonchev–Trinajstić information content (AvgIpc) is 2.14. The van der Waals surface area contributed by atoms with E-state index in [1.54, 1.807) is 0 Å². The molecule has 0 aromatic heterocycles. The first-order chi connectivity index (χ1) is 7.01. The van der Waals surface area contributed by atoms with Crippen LogP contribution in [0.4, 0.5) is 0 Å². The largest absolute Gasteiger partial charge is 0.389 e. The second-order valence-electron chi connectivity index (χ2n) is 5.01. The summed E-state index contributed by atoms with van der Waals surface area (Å²) in [5.41, 5.74) is -0.566. The van der Waals surface area contributed by atoms with Crippen molar-refractivity contribution in [2.75, 3.05) is 39.3 Å². The van der Waals surface area contributed by atoms with E-state index in [1.807, 2.05) is 19.9 Å². The fourth-order valence-corrected chi connectivity index (χ4v) is 1.99. The molecule has 0 aromatic carbocycles. The molecule has 3 nitrogen and oxygen atoms in total. The lowest BCUT2D eigenvalue weighted by atomic mass is 10.1. The van der Waals surface area contributed by atoms with E-state index in [0.717, 1.165) is 45.7 Å². The normalized spacial score (nSPS) is 20.5. The second-order valence-corrected chi connectivity index (χ2v) is 5.01. The Hall–Kier alpha value is -0.380. The van der Waals surface area contributed by atoms with Gasteiger partial charge in [-0.25, -0.2) is 0 Å². The van der Waals surface area contributed by atoms with E-state index >= 15 is 0 Å². The van der Waals surface area contributed by atoms with Gasteiger partial charge >= 0.3 is 0 Å². The molecular formula is C12H24N2O. The van der Waals surface area contributed by atoms with Gasteiger partial charge in [0, 0.05) is 39.3 Å². The molecule has 88 valence electrons. The average molecular weight is 212 g/mol. The van der Waals surface area contributed by atoms with Gasteiger partial charge in [-0.2, -0.15) is 0 Å². The third-order valence-corrected chi connectivity index (χ3v) is 2.72. The maximum atomic E-state index is 9.71. The molecule has 0 spiro atoms. The molecule has 0 unspecified atom stereocenters. The Labute approximate surface area is 93.4 Å². The number of rotatable bonds is 5. The van der Waals surface area contributed by atoms with Gasteiger partial charge < -0.3 is 10.0 Å². The molecule has 0 bridgehead atoms. The summed E-state index contributed by atoms with van der Waals surface area (Å²) < 4.78 is 0. The van der Waals surface area contributed by atoms with Gasteiger partial charge in [-0.1, -0.05) is 6.08 Å². The lowest BCUT2D eigenvalue weighted by Gasteiger charge is -2.37. The molecule has 1 heterocycles. The maximum Gasteiger partial charge on any atom is 0.0718 e. The predicted molar refractivity (Wildman–Crippen MR) is 64.0 cm³/mol. The third kappa shape index (κ3) is 5.30. The van der Waals surface area contributed by atoms with Gasteiger partial charge in [0.15, 0.2) is 0 Å². The van der Waals surface area contributed by atoms with E-state index in [4.69, 9.17) is 0 Å². The van der Waals surface area contributed by atoms with Crippen molar-refractivity contribution < 1.29 is 5.11 Å². The summed E-state index contributed by atoms with van der Waals surface area (Å²) in [7, 11) is 0. The molecule has 0 radical (unpaired) electrons. The highest BCUT2D eigenvalue weighted by Gasteiger charge is 2.22. The summed E-state index contributed by atoms with van der Waals surface area (Å²) in [5.74, 6) is 0. The summed E-state index contributed by atoms with van der Waals surface area (Å²) in [4.78, 5) is 4.80. The van der Waals surface area contributed by atoms with Crippen LogP contribution in [0.3, 0.4) is 0 Å². The molecule has 1 fully saturated rings. The van der Waals surface area contributed by atoms with Crippen LogP contribution in [0.25, 0.3) is 0 Å². The number of aliphatic hydroxyl groups is 1. The molecule has 1 saturated heterocycles. The summed E-state index contributed by atoms with van der Waals surface area (Å²) >= 11 is 0. The summed E-state index contributed by atoms with van der Waals surface area (Å²) in [5, 5.41) is 9.71. The molecule has 0 aliphatic carbocycles. The lowest BCUT2D eigenvalue weighted by Crippen LogP contribution is -2.50. The third-order valence-electron chi connectivity index (χ3n) is 2.72. The van der Waals surface area contributed by atoms with Crippen LogP contribution in [0.15, 0.2) is 12.7 Å². The van der Waals surface area contributed by atoms with Gasteiger partial charge in [-0.3, -0.25) is 4.90 Å². The summed E-state index contributed by atoms with van der Waals surface area (Å²) in [6.07, 6.45) is 3.05. The first kappa shape index (κ1) is 12.7.